The molecule has 0 fully saturated rings. The Hall–Kier alpha value is -2.35. The number of nitrogens with zero attached hydrogens (tertiary/aromatic N) is 1. The number of esters is 1. The van der Waals surface area contributed by atoms with Gasteiger partial charge in [0.05, 0.1) is 12.0 Å². The molecule has 0 spiro atoms. The SMILES string of the molecule is CCOC(=O)C(C)(C)Cc1c(S(=O)(=O)NCC(C)(C)C)c2cc(C(C)C)ccc2n1Cc1ccc(Cl)cc1. The summed E-state index contributed by atoms with van der Waals surface area (Å²) in [4.78, 5) is 13.2. The first-order valence-corrected chi connectivity index (χ1v) is 15.0. The smallest absolute Gasteiger partial charge is 0.311 e. The molecule has 0 aliphatic rings. The van der Waals surface area contributed by atoms with Crippen molar-refractivity contribution in [3.05, 3.63) is 64.3 Å². The van der Waals surface area contributed by atoms with Gasteiger partial charge in [-0.05, 0) is 67.5 Å². The van der Waals surface area contributed by atoms with Crippen molar-refractivity contribution >= 4 is 38.5 Å². The van der Waals surface area contributed by atoms with Crippen LogP contribution in [0.25, 0.3) is 10.9 Å². The van der Waals surface area contributed by atoms with Gasteiger partial charge in [0.1, 0.15) is 4.90 Å². The second-order valence-electron chi connectivity index (χ2n) is 12.1. The average Bonchev–Trinajstić information content (AvgIpc) is 3.11. The van der Waals surface area contributed by atoms with Gasteiger partial charge in [-0.2, -0.15) is 0 Å². The maximum absolute atomic E-state index is 14.0. The molecule has 3 aromatic rings. The quantitative estimate of drug-likeness (QED) is 0.273. The highest BCUT2D eigenvalue weighted by molar-refractivity contribution is 7.89. The zero-order valence-corrected chi connectivity index (χ0v) is 25.4. The summed E-state index contributed by atoms with van der Waals surface area (Å²) in [5.74, 6) is -0.145. The van der Waals surface area contributed by atoms with Crippen LogP contribution in [-0.2, 0) is 32.5 Å². The Morgan fingerprint density at radius 1 is 1.05 bits per heavy atom. The van der Waals surface area contributed by atoms with Crippen LogP contribution < -0.4 is 4.72 Å². The molecular weight excluding hydrogens is 520 g/mol. The van der Waals surface area contributed by atoms with E-state index in [4.69, 9.17) is 16.3 Å². The Kier molecular flexibility index (Phi) is 9.06. The second kappa shape index (κ2) is 11.4. The molecule has 1 aromatic heterocycles. The minimum absolute atomic E-state index is 0.191. The normalized spacial score (nSPS) is 12.9. The third-order valence-electron chi connectivity index (χ3n) is 6.56. The van der Waals surface area contributed by atoms with Crippen molar-refractivity contribution in [2.45, 2.75) is 79.2 Å². The number of halogens is 1. The third kappa shape index (κ3) is 6.99. The summed E-state index contributed by atoms with van der Waals surface area (Å²) < 4.78 is 38.3. The molecule has 3 rings (SSSR count). The number of sulfonamides is 1. The largest absolute Gasteiger partial charge is 0.466 e. The van der Waals surface area contributed by atoms with Crippen molar-refractivity contribution in [1.29, 1.82) is 0 Å². The number of carbonyl (C=O) groups is 1. The van der Waals surface area contributed by atoms with E-state index in [1.807, 2.05) is 67.8 Å². The van der Waals surface area contributed by atoms with Gasteiger partial charge in [-0.15, -0.1) is 0 Å². The number of rotatable bonds is 10. The number of hydrogen-bond donors (Lipinski definition) is 1. The highest BCUT2D eigenvalue weighted by atomic mass is 35.5. The molecule has 0 aliphatic carbocycles. The molecule has 208 valence electrons. The summed E-state index contributed by atoms with van der Waals surface area (Å²) in [5, 5.41) is 1.28. The van der Waals surface area contributed by atoms with E-state index in [0.29, 0.717) is 22.6 Å². The Labute approximate surface area is 232 Å². The van der Waals surface area contributed by atoms with Crippen molar-refractivity contribution in [3.63, 3.8) is 0 Å². The lowest BCUT2D eigenvalue weighted by molar-refractivity contribution is -0.153. The van der Waals surface area contributed by atoms with Gasteiger partial charge in [0, 0.05) is 41.1 Å². The van der Waals surface area contributed by atoms with Crippen LogP contribution in [0.5, 0.6) is 0 Å². The van der Waals surface area contributed by atoms with Gasteiger partial charge in [-0.1, -0.05) is 64.4 Å². The van der Waals surface area contributed by atoms with Crippen LogP contribution in [-0.4, -0.2) is 32.1 Å². The third-order valence-corrected chi connectivity index (χ3v) is 8.33. The number of carbonyl (C=O) groups excluding carboxylic acids is 1. The van der Waals surface area contributed by atoms with E-state index < -0.39 is 15.4 Å². The van der Waals surface area contributed by atoms with Crippen molar-refractivity contribution < 1.29 is 17.9 Å². The monoisotopic (exact) mass is 560 g/mol. The van der Waals surface area contributed by atoms with Gasteiger partial charge >= 0.3 is 5.97 Å². The minimum Gasteiger partial charge on any atom is -0.466 e. The highest BCUT2D eigenvalue weighted by Gasteiger charge is 2.36. The van der Waals surface area contributed by atoms with Crippen molar-refractivity contribution in [2.75, 3.05) is 13.2 Å². The van der Waals surface area contributed by atoms with Crippen LogP contribution in [0, 0.1) is 10.8 Å². The lowest BCUT2D eigenvalue weighted by atomic mass is 9.87. The van der Waals surface area contributed by atoms with Gasteiger partial charge in [-0.25, -0.2) is 13.1 Å². The maximum Gasteiger partial charge on any atom is 0.311 e. The summed E-state index contributed by atoms with van der Waals surface area (Å²) in [7, 11) is -3.93. The summed E-state index contributed by atoms with van der Waals surface area (Å²) in [5.41, 5.74) is 2.20. The standard InChI is InChI=1S/C30H41ClN2O4S/c1-9-37-28(34)30(7,8)17-26-27(38(35,36)32-19-29(4,5)6)24-16-22(20(2)3)12-15-25(24)33(26)18-21-10-13-23(31)14-11-21/h10-16,20,32H,9,17-19H2,1-8H3. The fourth-order valence-electron chi connectivity index (χ4n) is 4.38. The molecule has 0 unspecified atom stereocenters. The fourth-order valence-corrected chi connectivity index (χ4v) is 6.22. The van der Waals surface area contributed by atoms with Crippen LogP contribution >= 0.6 is 11.6 Å². The fraction of sp³-hybridized carbons (Fsp3) is 0.500. The van der Waals surface area contributed by atoms with Gasteiger partial charge in [-0.3, -0.25) is 4.79 Å². The van der Waals surface area contributed by atoms with Gasteiger partial charge in [0.2, 0.25) is 10.0 Å². The number of aromatic nitrogens is 1. The first-order chi connectivity index (χ1) is 17.6. The number of fused-ring (bicyclic) bond motifs is 1. The lowest BCUT2D eigenvalue weighted by Gasteiger charge is -2.25. The summed E-state index contributed by atoms with van der Waals surface area (Å²) in [6.07, 6.45) is 0.191. The predicted molar refractivity (Wildman–Crippen MR) is 155 cm³/mol. The van der Waals surface area contributed by atoms with E-state index in [2.05, 4.69) is 18.6 Å². The van der Waals surface area contributed by atoms with Crippen LogP contribution in [0.2, 0.25) is 5.02 Å². The van der Waals surface area contributed by atoms with Gasteiger partial charge < -0.3 is 9.30 Å². The Morgan fingerprint density at radius 2 is 1.68 bits per heavy atom. The molecule has 1 heterocycles. The van der Waals surface area contributed by atoms with Crippen molar-refractivity contribution in [1.82, 2.24) is 9.29 Å². The van der Waals surface area contributed by atoms with Gasteiger partial charge in [0.25, 0.3) is 0 Å². The van der Waals surface area contributed by atoms with Gasteiger partial charge in [0.15, 0.2) is 0 Å². The van der Waals surface area contributed by atoms with Crippen LogP contribution in [0.1, 0.15) is 78.1 Å². The molecule has 2 aromatic carbocycles. The van der Waals surface area contributed by atoms with E-state index in [0.717, 1.165) is 16.6 Å². The molecule has 0 aliphatic heterocycles. The average molecular weight is 561 g/mol. The maximum atomic E-state index is 14.0. The Bertz CT molecular complexity index is 1400. The van der Waals surface area contributed by atoms with Crippen molar-refractivity contribution in [3.8, 4) is 0 Å². The van der Waals surface area contributed by atoms with Crippen LogP contribution in [0.15, 0.2) is 47.4 Å². The second-order valence-corrected chi connectivity index (χ2v) is 14.2. The van der Waals surface area contributed by atoms with E-state index in [9.17, 15) is 13.2 Å². The molecule has 0 amide bonds. The lowest BCUT2D eigenvalue weighted by Crippen LogP contribution is -2.34. The molecule has 1 N–H and O–H groups in total. The van der Waals surface area contributed by atoms with E-state index >= 15 is 0 Å². The number of hydrogen-bond acceptors (Lipinski definition) is 4. The summed E-state index contributed by atoms with van der Waals surface area (Å²) in [6.45, 7) is 16.5. The molecule has 0 radical (unpaired) electrons. The molecular formula is C30H41ClN2O4S. The van der Waals surface area contributed by atoms with E-state index in [1.165, 1.54) is 0 Å². The number of benzene rings is 2. The topological polar surface area (TPSA) is 77.4 Å². The molecule has 8 heteroatoms. The number of nitrogens with one attached hydrogen (secondary N) is 1. The molecule has 0 saturated carbocycles. The highest BCUT2D eigenvalue weighted by Crippen LogP contribution is 2.37. The minimum atomic E-state index is -3.93. The summed E-state index contributed by atoms with van der Waals surface area (Å²) >= 11 is 6.13. The molecule has 6 nitrogen and oxygen atoms in total. The summed E-state index contributed by atoms with van der Waals surface area (Å²) in [6, 6.07) is 13.5. The molecule has 0 bridgehead atoms. The first kappa shape index (κ1) is 30.2. The molecule has 38 heavy (non-hydrogen) atoms. The molecule has 0 saturated heterocycles. The zero-order valence-electron chi connectivity index (χ0n) is 23.8. The first-order valence-electron chi connectivity index (χ1n) is 13.1. The van der Waals surface area contributed by atoms with Crippen LogP contribution in [0.3, 0.4) is 0 Å². The van der Waals surface area contributed by atoms with E-state index in [1.54, 1.807) is 20.8 Å². The Balaban J connectivity index is 2.34. The van der Waals surface area contributed by atoms with E-state index in [-0.39, 0.29) is 41.8 Å². The zero-order chi connectivity index (χ0) is 28.5. The van der Waals surface area contributed by atoms with Crippen molar-refractivity contribution in [2.24, 2.45) is 10.8 Å². The number of ether oxygens (including phenoxy) is 1. The Morgan fingerprint density at radius 3 is 2.24 bits per heavy atom. The molecule has 0 atom stereocenters. The predicted octanol–water partition coefficient (Wildman–Crippen LogP) is 6.92. The van der Waals surface area contributed by atoms with Crippen LogP contribution in [0.4, 0.5) is 0 Å².